The molecule has 0 bridgehead atoms. The SMILES string of the molecule is O=S(=O)(NCCOCC1CC1)c1ncccc1F. The summed E-state index contributed by atoms with van der Waals surface area (Å²) < 4.78 is 44.2. The first-order chi connectivity index (χ1) is 8.59. The molecule has 2 rings (SSSR count). The topological polar surface area (TPSA) is 68.3 Å². The smallest absolute Gasteiger partial charge is 0.261 e. The zero-order valence-corrected chi connectivity index (χ0v) is 10.6. The van der Waals surface area contributed by atoms with E-state index in [1.54, 1.807) is 0 Å². The highest BCUT2D eigenvalue weighted by atomic mass is 32.2. The number of nitrogens with one attached hydrogen (secondary N) is 1. The van der Waals surface area contributed by atoms with Crippen LogP contribution in [0.25, 0.3) is 0 Å². The lowest BCUT2D eigenvalue weighted by Gasteiger charge is -2.07. The van der Waals surface area contributed by atoms with E-state index < -0.39 is 20.9 Å². The van der Waals surface area contributed by atoms with E-state index in [0.717, 1.165) is 6.07 Å². The minimum absolute atomic E-state index is 0.116. The molecule has 100 valence electrons. The quantitative estimate of drug-likeness (QED) is 0.751. The molecule has 0 unspecified atom stereocenters. The standard InChI is InChI=1S/C11H15FN2O3S/c12-10-2-1-5-13-11(10)18(15,16)14-6-7-17-8-9-3-4-9/h1-2,5,9,14H,3-4,6-8H2. The van der Waals surface area contributed by atoms with Crippen LogP contribution in [0.5, 0.6) is 0 Å². The Kier molecular flexibility index (Phi) is 4.26. The molecule has 0 aliphatic heterocycles. The van der Waals surface area contributed by atoms with Crippen molar-refractivity contribution >= 4 is 10.0 Å². The highest BCUT2D eigenvalue weighted by Gasteiger charge is 2.22. The van der Waals surface area contributed by atoms with E-state index in [-0.39, 0.29) is 13.2 Å². The predicted octanol–water partition coefficient (Wildman–Crippen LogP) is 0.926. The van der Waals surface area contributed by atoms with Crippen molar-refractivity contribution < 1.29 is 17.5 Å². The summed E-state index contributed by atoms with van der Waals surface area (Å²) in [5, 5.41) is -0.577. The molecule has 0 radical (unpaired) electrons. The van der Waals surface area contributed by atoms with Gasteiger partial charge in [0.05, 0.1) is 6.61 Å². The predicted molar refractivity (Wildman–Crippen MR) is 62.9 cm³/mol. The van der Waals surface area contributed by atoms with Gasteiger partial charge in [0, 0.05) is 19.3 Å². The maximum atomic E-state index is 13.3. The van der Waals surface area contributed by atoms with Crippen LogP contribution in [0, 0.1) is 11.7 Å². The zero-order chi connectivity index (χ0) is 13.0. The Bertz CT molecular complexity index is 503. The second-order valence-corrected chi connectivity index (χ2v) is 5.89. The van der Waals surface area contributed by atoms with Crippen LogP contribution in [-0.2, 0) is 14.8 Å². The molecule has 1 aromatic rings. The van der Waals surface area contributed by atoms with Crippen LogP contribution in [0.4, 0.5) is 4.39 Å². The first-order valence-corrected chi connectivity index (χ1v) is 7.26. The average molecular weight is 274 g/mol. The van der Waals surface area contributed by atoms with Crippen LogP contribution in [0.15, 0.2) is 23.4 Å². The summed E-state index contributed by atoms with van der Waals surface area (Å²) in [4.78, 5) is 3.52. The van der Waals surface area contributed by atoms with E-state index in [0.29, 0.717) is 12.5 Å². The maximum Gasteiger partial charge on any atom is 0.261 e. The lowest BCUT2D eigenvalue weighted by Crippen LogP contribution is -2.29. The molecule has 0 aromatic carbocycles. The Labute approximate surface area is 105 Å². The Morgan fingerprint density at radius 1 is 1.50 bits per heavy atom. The molecule has 1 fully saturated rings. The maximum absolute atomic E-state index is 13.3. The Hall–Kier alpha value is -1.05. The number of halogens is 1. The number of hydrogen-bond acceptors (Lipinski definition) is 4. The van der Waals surface area contributed by atoms with E-state index in [1.165, 1.54) is 25.1 Å². The van der Waals surface area contributed by atoms with Crippen LogP contribution >= 0.6 is 0 Å². The van der Waals surface area contributed by atoms with Gasteiger partial charge in [0.15, 0.2) is 5.82 Å². The third-order valence-electron chi connectivity index (χ3n) is 2.57. The van der Waals surface area contributed by atoms with Crippen LogP contribution < -0.4 is 4.72 Å². The number of rotatable bonds is 7. The van der Waals surface area contributed by atoms with Gasteiger partial charge in [0.1, 0.15) is 0 Å². The molecule has 1 heterocycles. The van der Waals surface area contributed by atoms with Gasteiger partial charge >= 0.3 is 0 Å². The lowest BCUT2D eigenvalue weighted by atomic mass is 10.5. The molecule has 0 spiro atoms. The second kappa shape index (κ2) is 5.73. The van der Waals surface area contributed by atoms with Crippen molar-refractivity contribution in [3.63, 3.8) is 0 Å². The van der Waals surface area contributed by atoms with E-state index >= 15 is 0 Å². The van der Waals surface area contributed by atoms with Gasteiger partial charge in [0.25, 0.3) is 10.0 Å². The van der Waals surface area contributed by atoms with Crippen molar-refractivity contribution in [3.8, 4) is 0 Å². The van der Waals surface area contributed by atoms with Gasteiger partial charge in [-0.15, -0.1) is 0 Å². The molecular formula is C11H15FN2O3S. The molecule has 1 aliphatic carbocycles. The van der Waals surface area contributed by atoms with Gasteiger partial charge in [-0.2, -0.15) is 0 Å². The minimum atomic E-state index is -3.89. The third kappa shape index (κ3) is 3.72. The fourth-order valence-electron chi connectivity index (χ4n) is 1.42. The first-order valence-electron chi connectivity index (χ1n) is 5.77. The molecule has 0 atom stereocenters. The number of hydrogen-bond donors (Lipinski definition) is 1. The fraction of sp³-hybridized carbons (Fsp3) is 0.545. The van der Waals surface area contributed by atoms with E-state index in [4.69, 9.17) is 4.74 Å². The molecule has 18 heavy (non-hydrogen) atoms. The van der Waals surface area contributed by atoms with Crippen molar-refractivity contribution in [3.05, 3.63) is 24.1 Å². The number of aromatic nitrogens is 1. The molecule has 0 amide bonds. The molecular weight excluding hydrogens is 259 g/mol. The lowest BCUT2D eigenvalue weighted by molar-refractivity contribution is 0.129. The van der Waals surface area contributed by atoms with Crippen LogP contribution in [0.1, 0.15) is 12.8 Å². The molecule has 1 N–H and O–H groups in total. The molecule has 1 saturated carbocycles. The van der Waals surface area contributed by atoms with Crippen molar-refractivity contribution in [2.45, 2.75) is 17.9 Å². The summed E-state index contributed by atoms with van der Waals surface area (Å²) in [6.45, 7) is 1.06. The minimum Gasteiger partial charge on any atom is -0.380 e. The van der Waals surface area contributed by atoms with Gasteiger partial charge in [0.2, 0.25) is 5.03 Å². The normalized spacial score (nSPS) is 15.8. The van der Waals surface area contributed by atoms with Gasteiger partial charge < -0.3 is 4.74 Å². The molecule has 0 saturated heterocycles. The monoisotopic (exact) mass is 274 g/mol. The second-order valence-electron chi connectivity index (χ2n) is 4.21. The Morgan fingerprint density at radius 3 is 2.94 bits per heavy atom. The van der Waals surface area contributed by atoms with E-state index in [1.807, 2.05) is 0 Å². The van der Waals surface area contributed by atoms with Gasteiger partial charge in [-0.1, -0.05) is 0 Å². The number of pyridine rings is 1. The first kappa shape index (κ1) is 13.4. The average Bonchev–Trinajstić information content (AvgIpc) is 3.13. The molecule has 7 heteroatoms. The summed E-state index contributed by atoms with van der Waals surface area (Å²) in [5.74, 6) is -0.223. The largest absolute Gasteiger partial charge is 0.380 e. The van der Waals surface area contributed by atoms with Crippen molar-refractivity contribution in [1.29, 1.82) is 0 Å². The van der Waals surface area contributed by atoms with Crippen LogP contribution in [0.2, 0.25) is 0 Å². The van der Waals surface area contributed by atoms with Gasteiger partial charge in [-0.05, 0) is 30.9 Å². The Morgan fingerprint density at radius 2 is 2.28 bits per heavy atom. The van der Waals surface area contributed by atoms with Crippen LogP contribution in [-0.4, -0.2) is 33.2 Å². The highest BCUT2D eigenvalue weighted by molar-refractivity contribution is 7.89. The number of ether oxygens (including phenoxy) is 1. The summed E-state index contributed by atoms with van der Waals surface area (Å²) >= 11 is 0. The number of nitrogens with zero attached hydrogens (tertiary/aromatic N) is 1. The third-order valence-corrected chi connectivity index (χ3v) is 3.96. The number of sulfonamides is 1. The van der Waals surface area contributed by atoms with E-state index in [2.05, 4.69) is 9.71 Å². The van der Waals surface area contributed by atoms with Crippen molar-refractivity contribution in [1.82, 2.24) is 9.71 Å². The van der Waals surface area contributed by atoms with Gasteiger partial charge in [-0.3, -0.25) is 0 Å². The highest BCUT2D eigenvalue weighted by Crippen LogP contribution is 2.28. The summed E-state index contributed by atoms with van der Waals surface area (Å²) in [6.07, 6.45) is 3.61. The van der Waals surface area contributed by atoms with Crippen LogP contribution in [0.3, 0.4) is 0 Å². The summed E-state index contributed by atoms with van der Waals surface area (Å²) in [7, 11) is -3.89. The van der Waals surface area contributed by atoms with Crippen molar-refractivity contribution in [2.24, 2.45) is 5.92 Å². The molecule has 1 aromatic heterocycles. The zero-order valence-electron chi connectivity index (χ0n) is 9.80. The van der Waals surface area contributed by atoms with Crippen molar-refractivity contribution in [2.75, 3.05) is 19.8 Å². The van der Waals surface area contributed by atoms with E-state index in [9.17, 15) is 12.8 Å². The molecule has 1 aliphatic rings. The van der Waals surface area contributed by atoms with Gasteiger partial charge in [-0.25, -0.2) is 22.5 Å². The summed E-state index contributed by atoms with van der Waals surface area (Å²) in [5.41, 5.74) is 0. The Balaban J connectivity index is 1.81. The fourth-order valence-corrected chi connectivity index (χ4v) is 2.43. The summed E-state index contributed by atoms with van der Waals surface area (Å²) in [6, 6.07) is 2.40. The molecule has 5 nitrogen and oxygen atoms in total.